The lowest BCUT2D eigenvalue weighted by Gasteiger charge is -2.27. The molecule has 0 aliphatic heterocycles. The number of Topliss-reactive ketones (excluding diaryl/α,β-unsaturated/α-hetero) is 1. The number of aromatic nitrogens is 1. The number of carbonyl (C=O) groups is 4. The Morgan fingerprint density at radius 2 is 1.54 bits per heavy atom. The van der Waals surface area contributed by atoms with Crippen LogP contribution in [-0.2, 0) is 23.9 Å². The van der Waals surface area contributed by atoms with E-state index < -0.39 is 23.6 Å². The minimum Gasteiger partial charge on any atom is -0.493 e. The number of hydrogen-bond acceptors (Lipinski definition) is 8. The van der Waals surface area contributed by atoms with Crippen molar-refractivity contribution in [3.05, 3.63) is 90.1 Å². The zero-order chi connectivity index (χ0) is 41.2. The molecule has 57 heavy (non-hydrogen) atoms. The lowest BCUT2D eigenvalue weighted by atomic mass is 9.89. The molecule has 0 aliphatic carbocycles. The van der Waals surface area contributed by atoms with Crippen LogP contribution in [0.3, 0.4) is 0 Å². The Balaban J connectivity index is 1.34. The lowest BCUT2D eigenvalue weighted by Crippen LogP contribution is -2.38. The normalized spacial score (nSPS) is 11.8. The number of amides is 2. The van der Waals surface area contributed by atoms with Crippen LogP contribution in [0.2, 0.25) is 0 Å². The zero-order valence-corrected chi connectivity index (χ0v) is 35.7. The summed E-state index contributed by atoms with van der Waals surface area (Å²) in [5.74, 6) is -0.0764. The number of carbonyl (C=O) groups excluding carboxylic acids is 4. The summed E-state index contributed by atoms with van der Waals surface area (Å²) in [5.41, 5.74) is 3.12. The van der Waals surface area contributed by atoms with Gasteiger partial charge in [-0.05, 0) is 92.8 Å². The van der Waals surface area contributed by atoms with Crippen LogP contribution < -0.4 is 15.0 Å². The highest BCUT2D eigenvalue weighted by atomic mass is 79.9. The first-order valence-electron chi connectivity index (χ1n) is 20.0. The average molecular weight is 845 g/mol. The number of anilines is 1. The highest BCUT2D eigenvalue weighted by molar-refractivity contribution is 9.09. The maximum absolute atomic E-state index is 13.2. The minimum atomic E-state index is -0.701. The van der Waals surface area contributed by atoms with E-state index >= 15 is 0 Å². The molecule has 0 saturated carbocycles. The van der Waals surface area contributed by atoms with Crippen molar-refractivity contribution in [3.8, 4) is 16.9 Å². The molecule has 0 unspecified atom stereocenters. The third kappa shape index (κ3) is 14.9. The smallest absolute Gasteiger partial charge is 0.416 e. The first kappa shape index (κ1) is 44.9. The molecule has 306 valence electrons. The van der Waals surface area contributed by atoms with Crippen LogP contribution in [0.4, 0.5) is 10.6 Å². The molecule has 2 amide bonds. The number of aryl methyl sites for hydroxylation is 1. The summed E-state index contributed by atoms with van der Waals surface area (Å²) in [5, 5.41) is 5.91. The number of alkyl halides is 1. The molecular weight excluding hydrogens is 786 g/mol. The van der Waals surface area contributed by atoms with Crippen LogP contribution in [-0.4, -0.2) is 66.5 Å². The van der Waals surface area contributed by atoms with Gasteiger partial charge in [-0.25, -0.2) is 9.78 Å². The SMILES string of the molecule is COC(=O)C[C@H](CC(=O)CNC(=O)CCCN(C(=O)OC(C)(C)C)c1cc(C)ccn1)c1ccc(-c2ccc(OCCCCCCCCBr)c3ccccc23)cc1. The van der Waals surface area contributed by atoms with Gasteiger partial charge in [-0.1, -0.05) is 96.2 Å². The molecule has 1 heterocycles. The molecule has 4 aromatic rings. The van der Waals surface area contributed by atoms with Gasteiger partial charge in [0.1, 0.15) is 17.2 Å². The molecule has 1 aromatic heterocycles. The van der Waals surface area contributed by atoms with E-state index in [0.717, 1.165) is 56.9 Å². The monoisotopic (exact) mass is 843 g/mol. The Morgan fingerprint density at radius 1 is 0.842 bits per heavy atom. The number of hydrogen-bond donors (Lipinski definition) is 1. The summed E-state index contributed by atoms with van der Waals surface area (Å²) in [6.07, 6.45) is 8.72. The van der Waals surface area contributed by atoms with Gasteiger partial charge in [0.05, 0.1) is 26.7 Å². The summed E-state index contributed by atoms with van der Waals surface area (Å²) in [6, 6.07) is 23.9. The fraction of sp³-hybridized carbons (Fsp3) is 0.457. The van der Waals surface area contributed by atoms with E-state index in [9.17, 15) is 19.2 Å². The van der Waals surface area contributed by atoms with Crippen LogP contribution in [0.5, 0.6) is 5.75 Å². The number of benzene rings is 3. The molecule has 0 fully saturated rings. The predicted octanol–water partition coefficient (Wildman–Crippen LogP) is 10.3. The number of fused-ring (bicyclic) bond motifs is 1. The van der Waals surface area contributed by atoms with Crippen molar-refractivity contribution in [3.63, 3.8) is 0 Å². The summed E-state index contributed by atoms with van der Waals surface area (Å²) in [6.45, 7) is 7.98. The van der Waals surface area contributed by atoms with Crippen molar-refractivity contribution in [1.82, 2.24) is 10.3 Å². The third-order valence-electron chi connectivity index (χ3n) is 9.54. The maximum atomic E-state index is 13.2. The van der Waals surface area contributed by atoms with Crippen molar-refractivity contribution in [2.24, 2.45) is 0 Å². The maximum Gasteiger partial charge on any atom is 0.416 e. The summed E-state index contributed by atoms with van der Waals surface area (Å²) < 4.78 is 16.8. The van der Waals surface area contributed by atoms with E-state index in [1.165, 1.54) is 37.7 Å². The van der Waals surface area contributed by atoms with E-state index in [1.807, 2.05) is 55.5 Å². The molecule has 0 radical (unpaired) electrons. The number of unbranched alkanes of at least 4 members (excludes halogenated alkanes) is 5. The summed E-state index contributed by atoms with van der Waals surface area (Å²) in [7, 11) is 1.33. The van der Waals surface area contributed by atoms with Gasteiger partial charge >= 0.3 is 12.1 Å². The number of halogens is 1. The first-order chi connectivity index (χ1) is 27.4. The topological polar surface area (TPSA) is 124 Å². The van der Waals surface area contributed by atoms with Crippen molar-refractivity contribution in [2.45, 2.75) is 103 Å². The van der Waals surface area contributed by atoms with Crippen LogP contribution >= 0.6 is 15.9 Å². The third-order valence-corrected chi connectivity index (χ3v) is 10.1. The molecule has 4 rings (SSSR count). The van der Waals surface area contributed by atoms with Gasteiger partial charge in [-0.3, -0.25) is 19.3 Å². The number of ether oxygens (including phenoxy) is 3. The second-order valence-corrected chi connectivity index (χ2v) is 16.2. The Labute approximate surface area is 346 Å². The van der Waals surface area contributed by atoms with E-state index in [4.69, 9.17) is 14.2 Å². The zero-order valence-electron chi connectivity index (χ0n) is 34.1. The highest BCUT2D eigenvalue weighted by Crippen LogP contribution is 2.36. The van der Waals surface area contributed by atoms with E-state index in [2.05, 4.69) is 44.4 Å². The number of nitrogens with one attached hydrogen (secondary N) is 1. The van der Waals surface area contributed by atoms with Gasteiger partial charge < -0.3 is 19.5 Å². The van der Waals surface area contributed by atoms with E-state index in [0.29, 0.717) is 18.8 Å². The predicted molar refractivity (Wildman–Crippen MR) is 230 cm³/mol. The number of ketones is 1. The summed E-state index contributed by atoms with van der Waals surface area (Å²) in [4.78, 5) is 57.2. The molecule has 0 saturated heterocycles. The van der Waals surface area contributed by atoms with Gasteiger partial charge in [-0.15, -0.1) is 0 Å². The number of esters is 1. The fourth-order valence-corrected chi connectivity index (χ4v) is 6.97. The number of nitrogens with zero attached hydrogens (tertiary/aromatic N) is 2. The van der Waals surface area contributed by atoms with Gasteiger partial charge in [0.15, 0.2) is 5.78 Å². The largest absolute Gasteiger partial charge is 0.493 e. The Kier molecular flexibility index (Phi) is 18.0. The Bertz CT molecular complexity index is 1930. The quantitative estimate of drug-likeness (QED) is 0.0471. The number of rotatable bonds is 22. The summed E-state index contributed by atoms with van der Waals surface area (Å²) >= 11 is 3.50. The molecule has 3 aromatic carbocycles. The lowest BCUT2D eigenvalue weighted by molar-refractivity contribution is -0.141. The molecular formula is C46H58BrN3O7. The van der Waals surface area contributed by atoms with E-state index in [-0.39, 0.29) is 44.0 Å². The van der Waals surface area contributed by atoms with Crippen LogP contribution in [0.1, 0.15) is 102 Å². The van der Waals surface area contributed by atoms with Crippen molar-refractivity contribution in [1.29, 1.82) is 0 Å². The van der Waals surface area contributed by atoms with Gasteiger partial charge in [0.2, 0.25) is 5.91 Å². The second-order valence-electron chi connectivity index (χ2n) is 15.4. The molecule has 0 aliphatic rings. The highest BCUT2D eigenvalue weighted by Gasteiger charge is 2.25. The van der Waals surface area contributed by atoms with Gasteiger partial charge in [0.25, 0.3) is 0 Å². The minimum absolute atomic E-state index is 0.0227. The first-order valence-corrected chi connectivity index (χ1v) is 21.1. The Hall–Kier alpha value is -4.77. The standard InChI is InChI=1S/C46H58BrN3O7/c1-33-24-26-48-42(29-33)50(45(54)57-46(2,3)4)27-14-17-43(52)49-32-37(51)30-36(31-44(53)55-5)34-18-20-35(21-19-34)38-22-23-41(40-16-11-10-15-39(38)40)56-28-13-9-7-6-8-12-25-47/h10-11,15-16,18-24,26,29,36H,6-9,12-14,17,25,27-28,30-32H2,1-5H3,(H,49,52)/t36-/m0/s1. The number of methoxy groups -OCH3 is 1. The molecule has 1 atom stereocenters. The Morgan fingerprint density at radius 3 is 2.23 bits per heavy atom. The average Bonchev–Trinajstić information content (AvgIpc) is 3.18. The fourth-order valence-electron chi connectivity index (χ4n) is 6.58. The van der Waals surface area contributed by atoms with E-state index in [1.54, 1.807) is 33.0 Å². The second kappa shape index (κ2) is 22.8. The van der Waals surface area contributed by atoms with Crippen LogP contribution in [0.15, 0.2) is 79.0 Å². The molecule has 11 heteroatoms. The molecule has 1 N–H and O–H groups in total. The number of pyridine rings is 1. The van der Waals surface area contributed by atoms with Crippen molar-refractivity contribution in [2.75, 3.05) is 37.0 Å². The van der Waals surface area contributed by atoms with Crippen molar-refractivity contribution >= 4 is 56.3 Å². The molecule has 0 spiro atoms. The molecule has 0 bridgehead atoms. The molecule has 10 nitrogen and oxygen atoms in total. The van der Waals surface area contributed by atoms with Gasteiger partial charge in [-0.2, -0.15) is 0 Å². The van der Waals surface area contributed by atoms with Crippen LogP contribution in [0, 0.1) is 6.92 Å². The van der Waals surface area contributed by atoms with Gasteiger partial charge in [0, 0.05) is 42.2 Å². The van der Waals surface area contributed by atoms with Crippen molar-refractivity contribution < 1.29 is 33.4 Å². The van der Waals surface area contributed by atoms with Crippen LogP contribution in [0.25, 0.3) is 21.9 Å².